The average molecular weight is 626 g/mol. The Hall–Kier alpha value is -3.29. The smallest absolute Gasteiger partial charge is 0.338 e. The third-order valence-electron chi connectivity index (χ3n) is 7.03. The van der Waals surface area contributed by atoms with Crippen LogP contribution in [0.4, 0.5) is 18.4 Å². The van der Waals surface area contributed by atoms with Crippen LogP contribution in [0.1, 0.15) is 36.1 Å². The number of amides is 4. The SMILES string of the molecule is COCC1=C(C(=O)OC)[C@H](c2ccc(F)c(F)c2)N(C(=O)NCCNC2CCNC(c3cc(Cl)cc(Cl)c3)C2)C(=O)N1. The highest BCUT2D eigenvalue weighted by atomic mass is 35.5. The van der Waals surface area contributed by atoms with E-state index in [-0.39, 0.29) is 42.1 Å². The Labute approximate surface area is 251 Å². The van der Waals surface area contributed by atoms with Crippen LogP contribution in [0.3, 0.4) is 0 Å². The standard InChI is InChI=1S/C28H31Cl2F2N5O5/c1-41-14-23-24(26(38)42-2)25(15-3-4-20(31)21(32)11-15)37(28(40)36-23)27(39)35-8-7-33-19-5-6-34-22(13-19)16-9-17(29)12-18(30)10-16/h3-4,9-12,19,22,25,33-34H,5-8,13-14H2,1-2H3,(H,35,39)(H,36,40)/t19?,22?,25-/m0/s1. The number of benzene rings is 2. The molecule has 4 amide bonds. The van der Waals surface area contributed by atoms with Gasteiger partial charge in [-0.1, -0.05) is 29.3 Å². The number of hydrogen-bond donors (Lipinski definition) is 4. The van der Waals surface area contributed by atoms with Gasteiger partial charge in [0, 0.05) is 42.3 Å². The Morgan fingerprint density at radius 3 is 2.45 bits per heavy atom. The highest BCUT2D eigenvalue weighted by Gasteiger charge is 2.43. The number of urea groups is 2. The lowest BCUT2D eigenvalue weighted by Gasteiger charge is -2.36. The third-order valence-corrected chi connectivity index (χ3v) is 7.47. The first-order valence-electron chi connectivity index (χ1n) is 13.2. The fourth-order valence-corrected chi connectivity index (χ4v) is 5.69. The molecule has 0 bridgehead atoms. The monoisotopic (exact) mass is 625 g/mol. The van der Waals surface area contributed by atoms with Crippen LogP contribution in [0.5, 0.6) is 0 Å². The molecule has 2 heterocycles. The van der Waals surface area contributed by atoms with Gasteiger partial charge in [0.25, 0.3) is 0 Å². The van der Waals surface area contributed by atoms with Crippen LogP contribution in [-0.2, 0) is 14.3 Å². The van der Waals surface area contributed by atoms with Crippen molar-refractivity contribution in [3.05, 3.63) is 80.5 Å². The van der Waals surface area contributed by atoms with E-state index in [1.165, 1.54) is 13.2 Å². The Balaban J connectivity index is 1.46. The molecule has 42 heavy (non-hydrogen) atoms. The van der Waals surface area contributed by atoms with Gasteiger partial charge in [-0.05, 0) is 60.8 Å². The first-order valence-corrected chi connectivity index (χ1v) is 13.9. The van der Waals surface area contributed by atoms with Gasteiger partial charge in [0.05, 0.1) is 25.0 Å². The molecule has 1 fully saturated rings. The maximum atomic E-state index is 14.2. The molecular formula is C28H31Cl2F2N5O5. The number of piperidine rings is 1. The molecule has 2 aliphatic heterocycles. The lowest BCUT2D eigenvalue weighted by molar-refractivity contribution is -0.137. The highest BCUT2D eigenvalue weighted by molar-refractivity contribution is 6.34. The molecule has 3 atom stereocenters. The number of carbonyl (C=O) groups excluding carboxylic acids is 3. The molecule has 0 saturated carbocycles. The van der Waals surface area contributed by atoms with Crippen molar-refractivity contribution in [2.45, 2.75) is 31.0 Å². The van der Waals surface area contributed by atoms with E-state index in [4.69, 9.17) is 32.7 Å². The predicted molar refractivity (Wildman–Crippen MR) is 152 cm³/mol. The summed E-state index contributed by atoms with van der Waals surface area (Å²) in [6.07, 6.45) is 1.61. The third kappa shape index (κ3) is 7.37. The summed E-state index contributed by atoms with van der Waals surface area (Å²) in [6.45, 7) is 1.07. The summed E-state index contributed by atoms with van der Waals surface area (Å²) in [4.78, 5) is 40.0. The molecule has 2 aliphatic rings. The zero-order valence-corrected chi connectivity index (χ0v) is 24.5. The average Bonchev–Trinajstić information content (AvgIpc) is 2.96. The topological polar surface area (TPSA) is 121 Å². The van der Waals surface area contributed by atoms with Gasteiger partial charge in [-0.2, -0.15) is 0 Å². The van der Waals surface area contributed by atoms with Gasteiger partial charge >= 0.3 is 18.0 Å². The molecule has 226 valence electrons. The van der Waals surface area contributed by atoms with E-state index in [9.17, 15) is 23.2 Å². The first-order chi connectivity index (χ1) is 20.1. The van der Waals surface area contributed by atoms with Gasteiger partial charge in [-0.15, -0.1) is 0 Å². The van der Waals surface area contributed by atoms with E-state index in [1.54, 1.807) is 6.07 Å². The molecule has 2 unspecified atom stereocenters. The largest absolute Gasteiger partial charge is 0.466 e. The molecule has 0 aliphatic carbocycles. The second kappa shape index (κ2) is 14.3. The maximum Gasteiger partial charge on any atom is 0.338 e. The maximum absolute atomic E-state index is 14.2. The van der Waals surface area contributed by atoms with Crippen molar-refractivity contribution < 1.29 is 32.6 Å². The number of rotatable bonds is 9. The number of esters is 1. The van der Waals surface area contributed by atoms with Crippen LogP contribution in [-0.4, -0.2) is 69.4 Å². The minimum Gasteiger partial charge on any atom is -0.466 e. The van der Waals surface area contributed by atoms with E-state index in [2.05, 4.69) is 21.3 Å². The van der Waals surface area contributed by atoms with Crippen LogP contribution < -0.4 is 21.3 Å². The zero-order chi connectivity index (χ0) is 30.4. The van der Waals surface area contributed by atoms with Crippen LogP contribution in [0, 0.1) is 11.6 Å². The number of nitrogens with one attached hydrogen (secondary N) is 4. The lowest BCUT2D eigenvalue weighted by Crippen LogP contribution is -2.56. The molecule has 0 spiro atoms. The van der Waals surface area contributed by atoms with Crippen LogP contribution in [0.2, 0.25) is 10.0 Å². The van der Waals surface area contributed by atoms with Crippen molar-refractivity contribution in [3.8, 4) is 0 Å². The molecule has 1 saturated heterocycles. The number of ether oxygens (including phenoxy) is 2. The van der Waals surface area contributed by atoms with Gasteiger partial charge in [0.2, 0.25) is 0 Å². The molecule has 2 aromatic carbocycles. The molecule has 10 nitrogen and oxygen atoms in total. The summed E-state index contributed by atoms with van der Waals surface area (Å²) in [5.74, 6) is -3.21. The zero-order valence-electron chi connectivity index (χ0n) is 22.9. The van der Waals surface area contributed by atoms with Crippen molar-refractivity contribution in [2.75, 3.05) is 40.5 Å². The van der Waals surface area contributed by atoms with Crippen molar-refractivity contribution in [3.63, 3.8) is 0 Å². The highest BCUT2D eigenvalue weighted by Crippen LogP contribution is 2.35. The van der Waals surface area contributed by atoms with Crippen molar-refractivity contribution in [1.82, 2.24) is 26.2 Å². The Bertz CT molecular complexity index is 1360. The second-order valence-corrected chi connectivity index (χ2v) is 10.7. The van der Waals surface area contributed by atoms with Gasteiger partial charge in [0.15, 0.2) is 11.6 Å². The molecule has 0 radical (unpaired) electrons. The van der Waals surface area contributed by atoms with E-state index >= 15 is 0 Å². The Morgan fingerprint density at radius 1 is 1.05 bits per heavy atom. The van der Waals surface area contributed by atoms with Gasteiger partial charge in [-0.3, -0.25) is 0 Å². The summed E-state index contributed by atoms with van der Waals surface area (Å²) in [5, 5.41) is 13.1. The van der Waals surface area contributed by atoms with Gasteiger partial charge in [0.1, 0.15) is 6.04 Å². The van der Waals surface area contributed by atoms with Gasteiger partial charge < -0.3 is 30.7 Å². The number of nitrogens with zero attached hydrogens (tertiary/aromatic N) is 1. The van der Waals surface area contributed by atoms with E-state index in [1.807, 2.05) is 12.1 Å². The minimum atomic E-state index is -1.41. The van der Waals surface area contributed by atoms with Gasteiger partial charge in [-0.25, -0.2) is 28.1 Å². The normalized spacial score (nSPS) is 20.8. The number of imide groups is 1. The first kappa shape index (κ1) is 31.6. The predicted octanol–water partition coefficient (Wildman–Crippen LogP) is 4.20. The number of methoxy groups -OCH3 is 2. The van der Waals surface area contributed by atoms with E-state index in [0.717, 1.165) is 49.1 Å². The lowest BCUT2D eigenvalue weighted by atomic mass is 9.93. The molecule has 0 aromatic heterocycles. The quantitative estimate of drug-likeness (QED) is 0.243. The molecule has 4 N–H and O–H groups in total. The van der Waals surface area contributed by atoms with E-state index in [0.29, 0.717) is 16.6 Å². The van der Waals surface area contributed by atoms with E-state index < -0.39 is 35.7 Å². The van der Waals surface area contributed by atoms with Crippen molar-refractivity contribution >= 4 is 41.2 Å². The van der Waals surface area contributed by atoms with Crippen molar-refractivity contribution in [1.29, 1.82) is 0 Å². The van der Waals surface area contributed by atoms with Crippen LogP contribution in [0.25, 0.3) is 0 Å². The fraction of sp³-hybridized carbons (Fsp3) is 0.393. The summed E-state index contributed by atoms with van der Waals surface area (Å²) >= 11 is 12.3. The Morgan fingerprint density at radius 2 is 1.79 bits per heavy atom. The molecule has 4 rings (SSSR count). The summed E-state index contributed by atoms with van der Waals surface area (Å²) in [7, 11) is 2.47. The fourth-order valence-electron chi connectivity index (χ4n) is 5.14. The Kier molecular flexibility index (Phi) is 10.7. The molecule has 14 heteroatoms. The summed E-state index contributed by atoms with van der Waals surface area (Å²) < 4.78 is 38.0. The van der Waals surface area contributed by atoms with Crippen LogP contribution in [0.15, 0.2) is 47.7 Å². The number of carbonyl (C=O) groups is 3. The molecular weight excluding hydrogens is 595 g/mol. The summed E-state index contributed by atoms with van der Waals surface area (Å²) in [6, 6.07) is 5.33. The minimum absolute atomic E-state index is 0.00658. The summed E-state index contributed by atoms with van der Waals surface area (Å²) in [5.41, 5.74) is 0.859. The number of halogens is 4. The number of hydrogen-bond acceptors (Lipinski definition) is 7. The van der Waals surface area contributed by atoms with Crippen LogP contribution >= 0.6 is 23.2 Å². The van der Waals surface area contributed by atoms with Crippen molar-refractivity contribution in [2.24, 2.45) is 0 Å². The molecule has 2 aromatic rings. The second-order valence-electron chi connectivity index (χ2n) is 9.81.